The van der Waals surface area contributed by atoms with Crippen molar-refractivity contribution in [3.63, 3.8) is 0 Å². The predicted molar refractivity (Wildman–Crippen MR) is 84.5 cm³/mol. The summed E-state index contributed by atoms with van der Waals surface area (Å²) < 4.78 is 0. The topological polar surface area (TPSA) is 3.24 Å². The van der Waals surface area contributed by atoms with Gasteiger partial charge in [0.2, 0.25) is 0 Å². The van der Waals surface area contributed by atoms with Crippen molar-refractivity contribution in [2.24, 2.45) is 5.92 Å². The number of hydrogen-bond donors (Lipinski definition) is 0. The van der Waals surface area contributed by atoms with Gasteiger partial charge in [0.15, 0.2) is 0 Å². The van der Waals surface area contributed by atoms with Crippen molar-refractivity contribution in [3.05, 3.63) is 60.2 Å². The van der Waals surface area contributed by atoms with E-state index < -0.39 is 0 Å². The SMILES string of the molecule is c1ccc(N2c3ccccc3CC2C2CCCC2)cc1. The van der Waals surface area contributed by atoms with Gasteiger partial charge in [0, 0.05) is 17.4 Å². The standard InChI is InChI=1S/C19H21N/c1-2-11-17(12-3-1)20-18-13-7-6-10-16(18)14-19(20)15-8-4-5-9-15/h1-3,6-7,10-13,15,19H,4-5,8-9,14H2. The molecule has 0 amide bonds. The fourth-order valence-corrected chi connectivity index (χ4v) is 4.05. The van der Waals surface area contributed by atoms with Crippen molar-refractivity contribution in [3.8, 4) is 0 Å². The summed E-state index contributed by atoms with van der Waals surface area (Å²) in [5, 5.41) is 0. The van der Waals surface area contributed by atoms with Crippen LogP contribution in [0.15, 0.2) is 54.6 Å². The maximum Gasteiger partial charge on any atom is 0.0446 e. The van der Waals surface area contributed by atoms with E-state index in [9.17, 15) is 0 Å². The molecule has 0 aromatic heterocycles. The quantitative estimate of drug-likeness (QED) is 0.741. The number of hydrogen-bond acceptors (Lipinski definition) is 1. The zero-order valence-corrected chi connectivity index (χ0v) is 11.8. The van der Waals surface area contributed by atoms with Crippen LogP contribution >= 0.6 is 0 Å². The van der Waals surface area contributed by atoms with Crippen molar-refractivity contribution in [2.45, 2.75) is 38.1 Å². The van der Waals surface area contributed by atoms with Crippen LogP contribution in [0.4, 0.5) is 11.4 Å². The van der Waals surface area contributed by atoms with Crippen LogP contribution in [0.3, 0.4) is 0 Å². The Kier molecular flexibility index (Phi) is 2.99. The molecule has 1 heterocycles. The Morgan fingerprint density at radius 3 is 2.30 bits per heavy atom. The van der Waals surface area contributed by atoms with Gasteiger partial charge < -0.3 is 4.90 Å². The Labute approximate surface area is 121 Å². The highest BCUT2D eigenvalue weighted by Gasteiger charge is 2.36. The number of nitrogens with zero attached hydrogens (tertiary/aromatic N) is 1. The van der Waals surface area contributed by atoms with E-state index in [1.165, 1.54) is 49.0 Å². The summed E-state index contributed by atoms with van der Waals surface area (Å²) in [4.78, 5) is 2.60. The Bertz CT molecular complexity index is 584. The number of para-hydroxylation sites is 2. The molecule has 2 aromatic rings. The average Bonchev–Trinajstić information content (AvgIpc) is 3.15. The van der Waals surface area contributed by atoms with E-state index in [0.29, 0.717) is 6.04 Å². The third kappa shape index (κ3) is 1.93. The molecule has 1 saturated carbocycles. The van der Waals surface area contributed by atoms with Crippen molar-refractivity contribution in [2.75, 3.05) is 4.90 Å². The van der Waals surface area contributed by atoms with E-state index in [0.717, 1.165) is 5.92 Å². The van der Waals surface area contributed by atoms with E-state index in [-0.39, 0.29) is 0 Å². The lowest BCUT2D eigenvalue weighted by molar-refractivity contribution is 0.438. The minimum Gasteiger partial charge on any atom is -0.338 e. The molecule has 2 aromatic carbocycles. The second-order valence-corrected chi connectivity index (χ2v) is 6.15. The van der Waals surface area contributed by atoms with Gasteiger partial charge in [-0.1, -0.05) is 49.2 Å². The van der Waals surface area contributed by atoms with Crippen LogP contribution in [0, 0.1) is 5.92 Å². The highest BCUT2D eigenvalue weighted by Crippen LogP contribution is 2.44. The van der Waals surface area contributed by atoms with Gasteiger partial charge in [-0.2, -0.15) is 0 Å². The number of rotatable bonds is 2. The summed E-state index contributed by atoms with van der Waals surface area (Å²) in [5.74, 6) is 0.864. The van der Waals surface area contributed by atoms with E-state index >= 15 is 0 Å². The first-order chi connectivity index (χ1) is 9.93. The van der Waals surface area contributed by atoms with Gasteiger partial charge in [0.1, 0.15) is 0 Å². The molecule has 2 aliphatic rings. The van der Waals surface area contributed by atoms with Crippen molar-refractivity contribution >= 4 is 11.4 Å². The Morgan fingerprint density at radius 1 is 0.800 bits per heavy atom. The summed E-state index contributed by atoms with van der Waals surface area (Å²) in [7, 11) is 0. The molecule has 0 bridgehead atoms. The van der Waals surface area contributed by atoms with Gasteiger partial charge in [0.25, 0.3) is 0 Å². The molecule has 1 aliphatic heterocycles. The molecule has 1 atom stereocenters. The number of fused-ring (bicyclic) bond motifs is 1. The molecule has 0 saturated heterocycles. The molecule has 1 aliphatic carbocycles. The van der Waals surface area contributed by atoms with Gasteiger partial charge in [-0.15, -0.1) is 0 Å². The third-order valence-corrected chi connectivity index (χ3v) is 4.99. The Morgan fingerprint density at radius 2 is 1.50 bits per heavy atom. The summed E-state index contributed by atoms with van der Waals surface area (Å²) in [6, 6.07) is 20.5. The van der Waals surface area contributed by atoms with Crippen LogP contribution in [0.2, 0.25) is 0 Å². The van der Waals surface area contributed by atoms with E-state index in [1.807, 2.05) is 0 Å². The van der Waals surface area contributed by atoms with Crippen LogP contribution in [0.1, 0.15) is 31.2 Å². The summed E-state index contributed by atoms with van der Waals surface area (Å²) >= 11 is 0. The molecule has 1 nitrogen and oxygen atoms in total. The molecule has 4 rings (SSSR count). The smallest absolute Gasteiger partial charge is 0.0446 e. The normalized spacial score (nSPS) is 22.2. The molecular formula is C19H21N. The van der Waals surface area contributed by atoms with Crippen molar-refractivity contribution in [1.82, 2.24) is 0 Å². The average molecular weight is 263 g/mol. The van der Waals surface area contributed by atoms with E-state index in [4.69, 9.17) is 0 Å². The van der Waals surface area contributed by atoms with Crippen LogP contribution < -0.4 is 4.90 Å². The molecule has 1 fully saturated rings. The highest BCUT2D eigenvalue weighted by atomic mass is 15.2. The van der Waals surface area contributed by atoms with Gasteiger partial charge in [0.05, 0.1) is 0 Å². The molecule has 102 valence electrons. The lowest BCUT2D eigenvalue weighted by Gasteiger charge is -2.32. The first-order valence-electron chi connectivity index (χ1n) is 7.86. The van der Waals surface area contributed by atoms with Gasteiger partial charge in [-0.3, -0.25) is 0 Å². The van der Waals surface area contributed by atoms with Crippen LogP contribution in [0.5, 0.6) is 0 Å². The fraction of sp³-hybridized carbons (Fsp3) is 0.368. The maximum absolute atomic E-state index is 2.60. The van der Waals surface area contributed by atoms with Gasteiger partial charge in [-0.05, 0) is 48.9 Å². The molecule has 1 unspecified atom stereocenters. The fourth-order valence-electron chi connectivity index (χ4n) is 4.05. The van der Waals surface area contributed by atoms with Crippen molar-refractivity contribution in [1.29, 1.82) is 0 Å². The van der Waals surface area contributed by atoms with Gasteiger partial charge >= 0.3 is 0 Å². The minimum atomic E-state index is 0.664. The molecule has 0 radical (unpaired) electrons. The third-order valence-electron chi connectivity index (χ3n) is 4.99. The summed E-state index contributed by atoms with van der Waals surface area (Å²) in [5.41, 5.74) is 4.30. The number of anilines is 2. The van der Waals surface area contributed by atoms with Crippen LogP contribution in [-0.4, -0.2) is 6.04 Å². The Balaban J connectivity index is 1.77. The molecule has 0 spiro atoms. The van der Waals surface area contributed by atoms with E-state index in [1.54, 1.807) is 0 Å². The van der Waals surface area contributed by atoms with Crippen molar-refractivity contribution < 1.29 is 0 Å². The summed E-state index contributed by atoms with van der Waals surface area (Å²) in [6.45, 7) is 0. The van der Waals surface area contributed by atoms with Crippen LogP contribution in [-0.2, 0) is 6.42 Å². The maximum atomic E-state index is 2.60. The van der Waals surface area contributed by atoms with E-state index in [2.05, 4.69) is 59.5 Å². The molecular weight excluding hydrogens is 242 g/mol. The monoisotopic (exact) mass is 263 g/mol. The largest absolute Gasteiger partial charge is 0.338 e. The second kappa shape index (κ2) is 4.97. The zero-order valence-electron chi connectivity index (χ0n) is 11.8. The molecule has 20 heavy (non-hydrogen) atoms. The zero-order chi connectivity index (χ0) is 13.4. The lowest BCUT2D eigenvalue weighted by Crippen LogP contribution is -2.33. The van der Waals surface area contributed by atoms with Gasteiger partial charge in [-0.25, -0.2) is 0 Å². The number of benzene rings is 2. The summed E-state index contributed by atoms with van der Waals surface area (Å²) in [6.07, 6.45) is 6.86. The first kappa shape index (κ1) is 12.0. The Hall–Kier alpha value is -1.76. The first-order valence-corrected chi connectivity index (χ1v) is 7.86. The predicted octanol–water partition coefficient (Wildman–Crippen LogP) is 4.94. The minimum absolute atomic E-state index is 0.664. The lowest BCUT2D eigenvalue weighted by atomic mass is 9.94. The van der Waals surface area contributed by atoms with Crippen LogP contribution in [0.25, 0.3) is 0 Å². The second-order valence-electron chi connectivity index (χ2n) is 6.15. The molecule has 1 heteroatoms. The highest BCUT2D eigenvalue weighted by molar-refractivity contribution is 5.71. The molecule has 0 N–H and O–H groups in total.